The first-order valence-electron chi connectivity index (χ1n) is 10.4. The standard InChI is InChI=1S/C21H36O8/c1-5-17(4)29-21(25)12-11-19(23)27-14-8-6-7-13-26-18(22)9-10-20(24)28-15-16(2)3/h16-17H,5-15H2,1-4H3. The van der Waals surface area contributed by atoms with Crippen LogP contribution in [0.3, 0.4) is 0 Å². The molecule has 168 valence electrons. The molecule has 0 bridgehead atoms. The Morgan fingerprint density at radius 3 is 1.55 bits per heavy atom. The van der Waals surface area contributed by atoms with Gasteiger partial charge in [0.05, 0.1) is 51.6 Å². The first-order chi connectivity index (χ1) is 13.7. The maximum absolute atomic E-state index is 11.6. The third kappa shape index (κ3) is 17.7. The molecule has 29 heavy (non-hydrogen) atoms. The molecule has 0 amide bonds. The quantitative estimate of drug-likeness (QED) is 0.214. The Bertz CT molecular complexity index is 501. The average Bonchev–Trinajstić information content (AvgIpc) is 2.68. The van der Waals surface area contributed by atoms with Crippen molar-refractivity contribution < 1.29 is 38.1 Å². The van der Waals surface area contributed by atoms with Gasteiger partial charge in [-0.1, -0.05) is 20.8 Å². The van der Waals surface area contributed by atoms with Gasteiger partial charge in [-0.25, -0.2) is 0 Å². The Kier molecular flexibility index (Phi) is 15.6. The fraction of sp³-hybridized carbons (Fsp3) is 0.810. The second-order valence-electron chi connectivity index (χ2n) is 7.29. The van der Waals surface area contributed by atoms with Crippen molar-refractivity contribution in [1.29, 1.82) is 0 Å². The van der Waals surface area contributed by atoms with E-state index in [9.17, 15) is 19.2 Å². The van der Waals surface area contributed by atoms with E-state index >= 15 is 0 Å². The molecule has 0 fully saturated rings. The second kappa shape index (κ2) is 16.8. The molecule has 0 aliphatic carbocycles. The summed E-state index contributed by atoms with van der Waals surface area (Å²) in [6.07, 6.45) is 2.65. The summed E-state index contributed by atoms with van der Waals surface area (Å²) in [4.78, 5) is 46.0. The van der Waals surface area contributed by atoms with Gasteiger partial charge in [-0.05, 0) is 38.5 Å². The molecule has 0 aliphatic heterocycles. The van der Waals surface area contributed by atoms with Crippen LogP contribution in [0.15, 0.2) is 0 Å². The number of ether oxygens (including phenoxy) is 4. The summed E-state index contributed by atoms with van der Waals surface area (Å²) in [5, 5.41) is 0. The maximum Gasteiger partial charge on any atom is 0.306 e. The van der Waals surface area contributed by atoms with Crippen molar-refractivity contribution in [2.24, 2.45) is 5.92 Å². The molecule has 0 N–H and O–H groups in total. The van der Waals surface area contributed by atoms with Gasteiger partial charge in [0.1, 0.15) is 0 Å². The van der Waals surface area contributed by atoms with Gasteiger partial charge in [0.2, 0.25) is 0 Å². The van der Waals surface area contributed by atoms with Gasteiger partial charge in [-0.2, -0.15) is 0 Å². The van der Waals surface area contributed by atoms with Crippen molar-refractivity contribution in [2.45, 2.75) is 85.2 Å². The molecule has 0 saturated carbocycles. The SMILES string of the molecule is CCC(C)OC(=O)CCC(=O)OCCCCCOC(=O)CCC(=O)OCC(C)C. The van der Waals surface area contributed by atoms with E-state index in [0.717, 1.165) is 12.8 Å². The number of unbranched alkanes of at least 4 members (excludes halogenated alkanes) is 2. The molecule has 0 aliphatic rings. The normalized spacial score (nSPS) is 11.6. The molecule has 8 nitrogen and oxygen atoms in total. The first kappa shape index (κ1) is 26.9. The zero-order chi connectivity index (χ0) is 22.1. The number of hydrogen-bond acceptors (Lipinski definition) is 8. The van der Waals surface area contributed by atoms with Gasteiger partial charge < -0.3 is 18.9 Å². The minimum atomic E-state index is -0.429. The number of carbonyl (C=O) groups excluding carboxylic acids is 4. The Balaban J connectivity index is 3.56. The average molecular weight is 417 g/mol. The fourth-order valence-corrected chi connectivity index (χ4v) is 2.00. The number of esters is 4. The zero-order valence-corrected chi connectivity index (χ0v) is 18.2. The van der Waals surface area contributed by atoms with Crippen LogP contribution in [-0.4, -0.2) is 49.8 Å². The maximum atomic E-state index is 11.6. The van der Waals surface area contributed by atoms with E-state index in [1.54, 1.807) is 6.92 Å². The molecule has 1 unspecified atom stereocenters. The topological polar surface area (TPSA) is 105 Å². The third-order valence-electron chi connectivity index (χ3n) is 3.87. The van der Waals surface area contributed by atoms with Crippen molar-refractivity contribution in [3.8, 4) is 0 Å². The van der Waals surface area contributed by atoms with Crippen molar-refractivity contribution in [3.63, 3.8) is 0 Å². The van der Waals surface area contributed by atoms with E-state index in [-0.39, 0.29) is 50.9 Å². The van der Waals surface area contributed by atoms with Crippen molar-refractivity contribution in [3.05, 3.63) is 0 Å². The van der Waals surface area contributed by atoms with Crippen LogP contribution in [0, 0.1) is 5.92 Å². The first-order valence-corrected chi connectivity index (χ1v) is 10.4. The summed E-state index contributed by atoms with van der Waals surface area (Å²) in [7, 11) is 0. The third-order valence-corrected chi connectivity index (χ3v) is 3.87. The predicted molar refractivity (Wildman–Crippen MR) is 106 cm³/mol. The van der Waals surface area contributed by atoms with E-state index < -0.39 is 23.9 Å². The highest BCUT2D eigenvalue weighted by Gasteiger charge is 2.12. The Morgan fingerprint density at radius 1 is 0.655 bits per heavy atom. The molecule has 0 saturated heterocycles. The van der Waals surface area contributed by atoms with E-state index in [1.165, 1.54) is 0 Å². The lowest BCUT2D eigenvalue weighted by atomic mass is 10.2. The summed E-state index contributed by atoms with van der Waals surface area (Å²) in [5.74, 6) is -1.39. The molecule has 0 aromatic carbocycles. The Morgan fingerprint density at radius 2 is 1.10 bits per heavy atom. The molecule has 0 aromatic rings. The van der Waals surface area contributed by atoms with Gasteiger partial charge in [0.25, 0.3) is 0 Å². The molecule has 0 spiro atoms. The highest BCUT2D eigenvalue weighted by molar-refractivity contribution is 5.78. The molecule has 0 heterocycles. The highest BCUT2D eigenvalue weighted by atomic mass is 16.5. The molecule has 0 rings (SSSR count). The zero-order valence-electron chi connectivity index (χ0n) is 18.2. The van der Waals surface area contributed by atoms with Gasteiger partial charge >= 0.3 is 23.9 Å². The second-order valence-corrected chi connectivity index (χ2v) is 7.29. The van der Waals surface area contributed by atoms with Crippen LogP contribution >= 0.6 is 0 Å². The smallest absolute Gasteiger partial charge is 0.306 e. The van der Waals surface area contributed by atoms with Crippen LogP contribution in [0.4, 0.5) is 0 Å². The summed E-state index contributed by atoms with van der Waals surface area (Å²) >= 11 is 0. The minimum Gasteiger partial charge on any atom is -0.466 e. The lowest BCUT2D eigenvalue weighted by molar-refractivity contribution is -0.153. The van der Waals surface area contributed by atoms with E-state index in [1.807, 2.05) is 20.8 Å². The summed E-state index contributed by atoms with van der Waals surface area (Å²) in [6, 6.07) is 0. The lowest BCUT2D eigenvalue weighted by Crippen LogP contribution is -2.16. The molecular weight excluding hydrogens is 380 g/mol. The van der Waals surface area contributed by atoms with E-state index in [2.05, 4.69) is 0 Å². The van der Waals surface area contributed by atoms with Crippen LogP contribution in [0.5, 0.6) is 0 Å². The number of rotatable bonds is 16. The van der Waals surface area contributed by atoms with Crippen LogP contribution in [0.25, 0.3) is 0 Å². The molecule has 8 heteroatoms. The van der Waals surface area contributed by atoms with Crippen LogP contribution in [-0.2, 0) is 38.1 Å². The molecule has 0 radical (unpaired) electrons. The van der Waals surface area contributed by atoms with Crippen LogP contribution in [0.2, 0.25) is 0 Å². The summed E-state index contributed by atoms with van der Waals surface area (Å²) in [5.41, 5.74) is 0. The fourth-order valence-electron chi connectivity index (χ4n) is 2.00. The number of hydrogen-bond donors (Lipinski definition) is 0. The molecule has 1 atom stereocenters. The molecular formula is C21H36O8. The van der Waals surface area contributed by atoms with Gasteiger partial charge in [0, 0.05) is 0 Å². The van der Waals surface area contributed by atoms with Crippen LogP contribution in [0.1, 0.15) is 79.1 Å². The summed E-state index contributed by atoms with van der Waals surface area (Å²) in [6.45, 7) is 8.46. The number of carbonyl (C=O) groups is 4. The van der Waals surface area contributed by atoms with Crippen LogP contribution < -0.4 is 0 Å². The largest absolute Gasteiger partial charge is 0.466 e. The Hall–Kier alpha value is -2.12. The molecule has 0 aromatic heterocycles. The van der Waals surface area contributed by atoms with Crippen molar-refractivity contribution in [2.75, 3.05) is 19.8 Å². The monoisotopic (exact) mass is 416 g/mol. The van der Waals surface area contributed by atoms with Gasteiger partial charge in [0.15, 0.2) is 0 Å². The van der Waals surface area contributed by atoms with Gasteiger partial charge in [-0.15, -0.1) is 0 Å². The van der Waals surface area contributed by atoms with Crippen molar-refractivity contribution >= 4 is 23.9 Å². The highest BCUT2D eigenvalue weighted by Crippen LogP contribution is 2.04. The predicted octanol–water partition coefficient (Wildman–Crippen LogP) is 3.34. The summed E-state index contributed by atoms with van der Waals surface area (Å²) < 4.78 is 20.2. The minimum absolute atomic E-state index is 0.00643. The van der Waals surface area contributed by atoms with Gasteiger partial charge in [-0.3, -0.25) is 19.2 Å². The Labute approximate surface area is 173 Å². The van der Waals surface area contributed by atoms with Crippen molar-refractivity contribution in [1.82, 2.24) is 0 Å². The van der Waals surface area contributed by atoms with E-state index in [0.29, 0.717) is 19.4 Å². The lowest BCUT2D eigenvalue weighted by Gasteiger charge is -2.10. The van der Waals surface area contributed by atoms with E-state index in [4.69, 9.17) is 18.9 Å².